The van der Waals surface area contributed by atoms with Crippen molar-refractivity contribution < 1.29 is 22.9 Å². The summed E-state index contributed by atoms with van der Waals surface area (Å²) in [6.07, 6.45) is 1.52. The lowest BCUT2D eigenvalue weighted by atomic mass is 10.1. The van der Waals surface area contributed by atoms with Crippen LogP contribution in [-0.2, 0) is 11.3 Å². The molecule has 0 N–H and O–H groups in total. The maximum Gasteiger partial charge on any atom is 0.338 e. The third kappa shape index (κ3) is 2.90. The Bertz CT molecular complexity index is 792. The molecule has 0 amide bonds. The average Bonchev–Trinajstić information content (AvgIpc) is 3.18. The highest BCUT2D eigenvalue weighted by Crippen LogP contribution is 2.21. The Labute approximate surface area is 125 Å². The van der Waals surface area contributed by atoms with Crippen LogP contribution in [0.5, 0.6) is 0 Å². The highest BCUT2D eigenvalue weighted by Gasteiger charge is 2.13. The van der Waals surface area contributed by atoms with Crippen molar-refractivity contribution in [2.45, 2.75) is 13.5 Å². The highest BCUT2D eigenvalue weighted by atomic mass is 19.1. The Hall–Kier alpha value is -2.89. The van der Waals surface area contributed by atoms with Crippen LogP contribution in [0.25, 0.3) is 11.5 Å². The lowest BCUT2D eigenvalue weighted by Crippen LogP contribution is -2.06. The molecule has 0 spiro atoms. The summed E-state index contributed by atoms with van der Waals surface area (Å²) in [5, 5.41) is 3.78. The standard InChI is InChI=1S/C16H12FNO4/c1-10-4-5-11(7-13(10)17)16(19)21-9-12-8-15(22-18-12)14-3-2-6-20-14/h2-8H,9H2,1H3. The van der Waals surface area contributed by atoms with Crippen molar-refractivity contribution in [2.24, 2.45) is 0 Å². The number of halogens is 1. The van der Waals surface area contributed by atoms with Crippen molar-refractivity contribution in [1.82, 2.24) is 5.16 Å². The molecule has 0 radical (unpaired) electrons. The van der Waals surface area contributed by atoms with Gasteiger partial charge in [-0.05, 0) is 36.8 Å². The van der Waals surface area contributed by atoms with Gasteiger partial charge in [0.05, 0.1) is 11.8 Å². The van der Waals surface area contributed by atoms with E-state index in [4.69, 9.17) is 13.7 Å². The molecule has 0 aliphatic heterocycles. The number of carbonyl (C=O) groups excluding carboxylic acids is 1. The lowest BCUT2D eigenvalue weighted by Gasteiger charge is -2.03. The third-order valence-electron chi connectivity index (χ3n) is 3.08. The number of aryl methyl sites for hydroxylation is 1. The summed E-state index contributed by atoms with van der Waals surface area (Å²) in [5.74, 6) is -0.0967. The van der Waals surface area contributed by atoms with Gasteiger partial charge in [-0.25, -0.2) is 9.18 Å². The van der Waals surface area contributed by atoms with Crippen LogP contribution in [0.3, 0.4) is 0 Å². The van der Waals surface area contributed by atoms with Gasteiger partial charge in [-0.3, -0.25) is 0 Å². The molecule has 0 bridgehead atoms. The van der Waals surface area contributed by atoms with E-state index in [0.717, 1.165) is 6.07 Å². The molecule has 3 rings (SSSR count). The average molecular weight is 301 g/mol. The predicted octanol–water partition coefficient (Wildman–Crippen LogP) is 3.74. The molecule has 0 saturated heterocycles. The monoisotopic (exact) mass is 301 g/mol. The van der Waals surface area contributed by atoms with E-state index in [9.17, 15) is 9.18 Å². The minimum Gasteiger partial charge on any atom is -0.461 e. The zero-order chi connectivity index (χ0) is 15.5. The second-order valence-electron chi connectivity index (χ2n) is 4.70. The maximum absolute atomic E-state index is 13.4. The number of furan rings is 1. The van der Waals surface area contributed by atoms with Crippen molar-refractivity contribution >= 4 is 5.97 Å². The molecule has 2 aromatic heterocycles. The van der Waals surface area contributed by atoms with E-state index in [1.54, 1.807) is 25.1 Å². The van der Waals surface area contributed by atoms with Crippen molar-refractivity contribution in [3.05, 3.63) is 65.3 Å². The molecule has 112 valence electrons. The van der Waals surface area contributed by atoms with Crippen molar-refractivity contribution in [3.8, 4) is 11.5 Å². The van der Waals surface area contributed by atoms with Crippen LogP contribution in [0.15, 0.2) is 51.6 Å². The first-order valence-electron chi connectivity index (χ1n) is 6.56. The van der Waals surface area contributed by atoms with Gasteiger partial charge in [-0.2, -0.15) is 0 Å². The molecule has 0 aliphatic rings. The van der Waals surface area contributed by atoms with E-state index in [0.29, 0.717) is 22.8 Å². The molecule has 1 aromatic carbocycles. The molecule has 5 nitrogen and oxygen atoms in total. The van der Waals surface area contributed by atoms with E-state index < -0.39 is 11.8 Å². The fraction of sp³-hybridized carbons (Fsp3) is 0.125. The Balaban J connectivity index is 1.65. The number of ether oxygens (including phenoxy) is 1. The molecule has 2 heterocycles. The van der Waals surface area contributed by atoms with Gasteiger partial charge in [0, 0.05) is 6.07 Å². The van der Waals surface area contributed by atoms with Gasteiger partial charge in [0.2, 0.25) is 5.76 Å². The minimum atomic E-state index is -0.624. The maximum atomic E-state index is 13.4. The first-order valence-corrected chi connectivity index (χ1v) is 6.56. The number of hydrogen-bond acceptors (Lipinski definition) is 5. The fourth-order valence-electron chi connectivity index (χ4n) is 1.86. The molecule has 0 atom stereocenters. The number of esters is 1. The van der Waals surface area contributed by atoms with E-state index in [1.165, 1.54) is 18.4 Å². The van der Waals surface area contributed by atoms with E-state index in [-0.39, 0.29) is 12.2 Å². The summed E-state index contributed by atoms with van der Waals surface area (Å²) < 4.78 is 28.8. The summed E-state index contributed by atoms with van der Waals surface area (Å²) in [7, 11) is 0. The molecule has 6 heteroatoms. The number of benzene rings is 1. The summed E-state index contributed by atoms with van der Waals surface area (Å²) in [6, 6.07) is 9.25. The Morgan fingerprint density at radius 1 is 1.27 bits per heavy atom. The van der Waals surface area contributed by atoms with Crippen LogP contribution in [0, 0.1) is 12.7 Å². The molecule has 0 fully saturated rings. The molecular formula is C16H12FNO4. The summed E-state index contributed by atoms with van der Waals surface area (Å²) >= 11 is 0. The quantitative estimate of drug-likeness (QED) is 0.687. The Morgan fingerprint density at radius 2 is 2.14 bits per heavy atom. The second kappa shape index (κ2) is 5.85. The van der Waals surface area contributed by atoms with Crippen LogP contribution in [0.2, 0.25) is 0 Å². The van der Waals surface area contributed by atoms with Crippen molar-refractivity contribution in [3.63, 3.8) is 0 Å². The van der Waals surface area contributed by atoms with Gasteiger partial charge >= 0.3 is 5.97 Å². The van der Waals surface area contributed by atoms with E-state index in [2.05, 4.69) is 5.16 Å². The van der Waals surface area contributed by atoms with Crippen molar-refractivity contribution in [2.75, 3.05) is 0 Å². The zero-order valence-electron chi connectivity index (χ0n) is 11.7. The summed E-state index contributed by atoms with van der Waals surface area (Å²) in [6.45, 7) is 1.55. The number of aromatic nitrogens is 1. The fourth-order valence-corrected chi connectivity index (χ4v) is 1.86. The minimum absolute atomic E-state index is 0.0709. The summed E-state index contributed by atoms with van der Waals surface area (Å²) in [5.41, 5.74) is 1.06. The van der Waals surface area contributed by atoms with Gasteiger partial charge in [-0.1, -0.05) is 11.2 Å². The molecule has 22 heavy (non-hydrogen) atoms. The molecule has 3 aromatic rings. The molecule has 0 saturated carbocycles. The van der Waals surface area contributed by atoms with Crippen LogP contribution >= 0.6 is 0 Å². The number of nitrogens with zero attached hydrogens (tertiary/aromatic N) is 1. The predicted molar refractivity (Wildman–Crippen MR) is 74.5 cm³/mol. The summed E-state index contributed by atoms with van der Waals surface area (Å²) in [4.78, 5) is 11.9. The number of rotatable bonds is 4. The first kappa shape index (κ1) is 14.1. The Morgan fingerprint density at radius 3 is 2.86 bits per heavy atom. The SMILES string of the molecule is Cc1ccc(C(=O)OCc2cc(-c3ccco3)on2)cc1F. The number of hydrogen-bond donors (Lipinski definition) is 0. The number of carbonyl (C=O) groups is 1. The molecule has 0 aliphatic carbocycles. The van der Waals surface area contributed by atoms with Gasteiger partial charge < -0.3 is 13.7 Å². The van der Waals surface area contributed by atoms with Gasteiger partial charge in [0.25, 0.3) is 0 Å². The largest absolute Gasteiger partial charge is 0.461 e. The van der Waals surface area contributed by atoms with Gasteiger partial charge in [0.1, 0.15) is 18.1 Å². The third-order valence-corrected chi connectivity index (χ3v) is 3.08. The first-order chi connectivity index (χ1) is 10.6. The smallest absolute Gasteiger partial charge is 0.338 e. The molecular weight excluding hydrogens is 289 g/mol. The van der Waals surface area contributed by atoms with E-state index in [1.807, 2.05) is 0 Å². The zero-order valence-corrected chi connectivity index (χ0v) is 11.7. The van der Waals surface area contributed by atoms with Gasteiger partial charge in [-0.15, -0.1) is 0 Å². The van der Waals surface area contributed by atoms with Crippen LogP contribution in [0.4, 0.5) is 4.39 Å². The van der Waals surface area contributed by atoms with Crippen LogP contribution < -0.4 is 0 Å². The Kier molecular flexibility index (Phi) is 3.74. The topological polar surface area (TPSA) is 65.5 Å². The lowest BCUT2D eigenvalue weighted by molar-refractivity contribution is 0.0463. The molecule has 0 unspecified atom stereocenters. The van der Waals surface area contributed by atoms with E-state index >= 15 is 0 Å². The second-order valence-corrected chi connectivity index (χ2v) is 4.70. The van der Waals surface area contributed by atoms with Crippen LogP contribution in [-0.4, -0.2) is 11.1 Å². The van der Waals surface area contributed by atoms with Gasteiger partial charge in [0.15, 0.2) is 5.76 Å². The van der Waals surface area contributed by atoms with Crippen molar-refractivity contribution in [1.29, 1.82) is 0 Å². The normalized spacial score (nSPS) is 10.6. The van der Waals surface area contributed by atoms with Crippen LogP contribution in [0.1, 0.15) is 21.6 Å². The highest BCUT2D eigenvalue weighted by molar-refractivity contribution is 5.89.